The van der Waals surface area contributed by atoms with Crippen molar-refractivity contribution in [3.63, 3.8) is 0 Å². The molecule has 0 radical (unpaired) electrons. The van der Waals surface area contributed by atoms with Crippen molar-refractivity contribution in [1.82, 2.24) is 10.2 Å². The van der Waals surface area contributed by atoms with Crippen LogP contribution in [0.4, 0.5) is 16.2 Å². The minimum atomic E-state index is 0.0976. The van der Waals surface area contributed by atoms with Gasteiger partial charge in [0.25, 0.3) is 0 Å². The third-order valence-corrected chi connectivity index (χ3v) is 6.36. The minimum Gasteiger partial charge on any atom is -0.372 e. The Morgan fingerprint density at radius 3 is 2.07 bits per heavy atom. The molecule has 1 aromatic carbocycles. The fraction of sp³-hybridized carbons (Fsp3) is 0.609. The van der Waals surface area contributed by atoms with Crippen LogP contribution in [0.5, 0.6) is 0 Å². The maximum atomic E-state index is 12.4. The number of anilines is 2. The van der Waals surface area contributed by atoms with Crippen molar-refractivity contribution in [2.45, 2.75) is 44.9 Å². The van der Waals surface area contributed by atoms with Crippen LogP contribution in [-0.2, 0) is 0 Å². The van der Waals surface area contributed by atoms with Crippen LogP contribution in [-0.4, -0.2) is 56.7 Å². The Bertz CT molecular complexity index is 670. The monoisotopic (exact) mass is 382 g/mol. The highest BCUT2D eigenvalue weighted by atomic mass is 16.2. The van der Waals surface area contributed by atoms with E-state index in [9.17, 15) is 4.79 Å². The molecule has 1 aliphatic carbocycles. The molecule has 0 bridgehead atoms. The first-order chi connectivity index (χ1) is 13.8. The summed E-state index contributed by atoms with van der Waals surface area (Å²) in [6, 6.07) is 9.07. The van der Waals surface area contributed by atoms with E-state index in [2.05, 4.69) is 45.5 Å². The summed E-state index contributed by atoms with van der Waals surface area (Å²) < 4.78 is 0. The highest BCUT2D eigenvalue weighted by Crippen LogP contribution is 2.24. The van der Waals surface area contributed by atoms with Gasteiger partial charge in [-0.15, -0.1) is 0 Å². The molecule has 4 rings (SSSR count). The summed E-state index contributed by atoms with van der Waals surface area (Å²) in [7, 11) is 0. The molecular weight excluding hydrogens is 348 g/mol. The second-order valence-corrected chi connectivity index (χ2v) is 8.27. The van der Waals surface area contributed by atoms with Crippen molar-refractivity contribution in [3.8, 4) is 0 Å². The molecule has 3 aliphatic rings. The molecule has 5 heteroatoms. The predicted molar refractivity (Wildman–Crippen MR) is 116 cm³/mol. The second kappa shape index (κ2) is 9.35. The maximum Gasteiger partial charge on any atom is 0.317 e. The number of carbonyl (C=O) groups is 1. The van der Waals surface area contributed by atoms with E-state index in [0.717, 1.165) is 39.1 Å². The number of hydrogen-bond acceptors (Lipinski definition) is 3. The van der Waals surface area contributed by atoms with Gasteiger partial charge < -0.3 is 20.0 Å². The van der Waals surface area contributed by atoms with E-state index in [1.807, 2.05) is 4.90 Å². The highest BCUT2D eigenvalue weighted by molar-refractivity contribution is 5.74. The standard InChI is InChI=1S/C23H34N4O/c28-23(24-13-12-20-6-2-1-3-7-20)27-18-16-26(17-19-27)22-10-8-21(9-11-22)25-14-4-5-15-25/h6,8-11H,1-5,7,12-19H2,(H,24,28). The Kier molecular flexibility index (Phi) is 6.40. The number of amides is 2. The van der Waals surface area contributed by atoms with E-state index in [1.165, 1.54) is 68.6 Å². The van der Waals surface area contributed by atoms with Gasteiger partial charge >= 0.3 is 6.03 Å². The van der Waals surface area contributed by atoms with Gasteiger partial charge in [-0.05, 0) is 69.2 Å². The first-order valence-corrected chi connectivity index (χ1v) is 11.1. The summed E-state index contributed by atoms with van der Waals surface area (Å²) in [5.41, 5.74) is 4.13. The van der Waals surface area contributed by atoms with Gasteiger partial charge in [0.2, 0.25) is 0 Å². The van der Waals surface area contributed by atoms with E-state index in [4.69, 9.17) is 0 Å². The number of nitrogens with one attached hydrogen (secondary N) is 1. The van der Waals surface area contributed by atoms with Crippen LogP contribution in [0.3, 0.4) is 0 Å². The zero-order chi connectivity index (χ0) is 19.2. The Morgan fingerprint density at radius 1 is 0.821 bits per heavy atom. The molecule has 2 saturated heterocycles. The van der Waals surface area contributed by atoms with E-state index >= 15 is 0 Å². The molecule has 28 heavy (non-hydrogen) atoms. The molecule has 0 atom stereocenters. The van der Waals surface area contributed by atoms with Gasteiger partial charge in [0.15, 0.2) is 0 Å². The van der Waals surface area contributed by atoms with Crippen LogP contribution in [0.1, 0.15) is 44.9 Å². The molecule has 0 unspecified atom stereocenters. The first kappa shape index (κ1) is 19.2. The minimum absolute atomic E-state index is 0.0976. The van der Waals surface area contributed by atoms with Crippen molar-refractivity contribution in [3.05, 3.63) is 35.9 Å². The lowest BCUT2D eigenvalue weighted by molar-refractivity contribution is 0.194. The molecule has 2 fully saturated rings. The van der Waals surface area contributed by atoms with Crippen LogP contribution >= 0.6 is 0 Å². The van der Waals surface area contributed by atoms with Crippen LogP contribution in [0.2, 0.25) is 0 Å². The Morgan fingerprint density at radius 2 is 1.46 bits per heavy atom. The smallest absolute Gasteiger partial charge is 0.317 e. The van der Waals surface area contributed by atoms with Crippen molar-refractivity contribution >= 4 is 17.4 Å². The average molecular weight is 383 g/mol. The molecule has 0 saturated carbocycles. The topological polar surface area (TPSA) is 38.8 Å². The molecule has 0 spiro atoms. The van der Waals surface area contributed by atoms with Gasteiger partial charge in [-0.2, -0.15) is 0 Å². The number of piperazine rings is 1. The predicted octanol–water partition coefficient (Wildman–Crippen LogP) is 4.01. The van der Waals surface area contributed by atoms with E-state index < -0.39 is 0 Å². The van der Waals surface area contributed by atoms with E-state index in [-0.39, 0.29) is 6.03 Å². The average Bonchev–Trinajstić information content (AvgIpc) is 3.30. The summed E-state index contributed by atoms with van der Waals surface area (Å²) in [5, 5.41) is 3.12. The Labute approximate surface area is 169 Å². The van der Waals surface area contributed by atoms with Crippen LogP contribution < -0.4 is 15.1 Å². The Hall–Kier alpha value is -2.17. The normalized spacial score (nSPS) is 20.3. The SMILES string of the molecule is O=C(NCCC1=CCCCC1)N1CCN(c2ccc(N3CCCC3)cc2)CC1. The summed E-state index contributed by atoms with van der Waals surface area (Å²) in [6.07, 6.45) is 11.0. The summed E-state index contributed by atoms with van der Waals surface area (Å²) in [4.78, 5) is 19.3. The molecule has 1 N–H and O–H groups in total. The summed E-state index contributed by atoms with van der Waals surface area (Å²) >= 11 is 0. The van der Waals surface area contributed by atoms with E-state index in [1.54, 1.807) is 0 Å². The molecule has 2 amide bonds. The van der Waals surface area contributed by atoms with Crippen LogP contribution in [0.15, 0.2) is 35.9 Å². The molecule has 152 valence electrons. The number of carbonyl (C=O) groups excluding carboxylic acids is 1. The molecule has 1 aromatic rings. The van der Waals surface area contributed by atoms with Crippen molar-refractivity contribution < 1.29 is 4.79 Å². The lowest BCUT2D eigenvalue weighted by atomic mass is 9.97. The zero-order valence-electron chi connectivity index (χ0n) is 17.0. The van der Waals surface area contributed by atoms with Crippen molar-refractivity contribution in [1.29, 1.82) is 0 Å². The second-order valence-electron chi connectivity index (χ2n) is 8.27. The van der Waals surface area contributed by atoms with Gasteiger partial charge in [-0.25, -0.2) is 4.79 Å². The van der Waals surface area contributed by atoms with Crippen LogP contribution in [0, 0.1) is 0 Å². The Balaban J connectivity index is 1.20. The molecule has 5 nitrogen and oxygen atoms in total. The largest absolute Gasteiger partial charge is 0.372 e. The third-order valence-electron chi connectivity index (χ3n) is 6.36. The molecule has 0 aromatic heterocycles. The highest BCUT2D eigenvalue weighted by Gasteiger charge is 2.21. The maximum absolute atomic E-state index is 12.4. The van der Waals surface area contributed by atoms with Crippen molar-refractivity contribution in [2.24, 2.45) is 0 Å². The third kappa shape index (κ3) is 4.81. The molecule has 2 heterocycles. The van der Waals surface area contributed by atoms with Gasteiger partial charge in [0, 0.05) is 57.2 Å². The van der Waals surface area contributed by atoms with Gasteiger partial charge in [-0.1, -0.05) is 11.6 Å². The number of nitrogens with zero attached hydrogens (tertiary/aromatic N) is 3. The number of benzene rings is 1. The quantitative estimate of drug-likeness (QED) is 0.782. The number of hydrogen-bond donors (Lipinski definition) is 1. The lowest BCUT2D eigenvalue weighted by Gasteiger charge is -2.36. The molecular formula is C23H34N4O. The van der Waals surface area contributed by atoms with E-state index in [0.29, 0.717) is 0 Å². The number of rotatable bonds is 5. The fourth-order valence-electron chi connectivity index (χ4n) is 4.59. The number of urea groups is 1. The summed E-state index contributed by atoms with van der Waals surface area (Å²) in [6.45, 7) is 6.53. The van der Waals surface area contributed by atoms with Crippen molar-refractivity contribution in [2.75, 3.05) is 55.6 Å². The fourth-order valence-corrected chi connectivity index (χ4v) is 4.59. The number of allylic oxidation sites excluding steroid dienone is 1. The first-order valence-electron chi connectivity index (χ1n) is 11.1. The molecule has 2 aliphatic heterocycles. The zero-order valence-corrected chi connectivity index (χ0v) is 17.0. The van der Waals surface area contributed by atoms with Crippen LogP contribution in [0.25, 0.3) is 0 Å². The van der Waals surface area contributed by atoms with Gasteiger partial charge in [0.05, 0.1) is 0 Å². The van der Waals surface area contributed by atoms with Gasteiger partial charge in [0.1, 0.15) is 0 Å². The summed E-state index contributed by atoms with van der Waals surface area (Å²) in [5.74, 6) is 0. The van der Waals surface area contributed by atoms with Gasteiger partial charge in [-0.3, -0.25) is 0 Å². The lowest BCUT2D eigenvalue weighted by Crippen LogP contribution is -2.52.